The second kappa shape index (κ2) is 6.55. The lowest BCUT2D eigenvalue weighted by atomic mass is 9.82. The van der Waals surface area contributed by atoms with Crippen LogP contribution in [0.25, 0.3) is 0 Å². The molecular formula is C15H23NO2. The smallest absolute Gasteiger partial charge is 0.328 e. The number of aliphatic carboxylic acids is 1. The molecule has 0 spiro atoms. The highest BCUT2D eigenvalue weighted by molar-refractivity contribution is 5.80. The van der Waals surface area contributed by atoms with Gasteiger partial charge in [0.2, 0.25) is 0 Å². The van der Waals surface area contributed by atoms with Crippen LogP contribution < -0.4 is 5.32 Å². The molecule has 0 saturated carbocycles. The van der Waals surface area contributed by atoms with Crippen molar-refractivity contribution in [2.45, 2.75) is 39.2 Å². The van der Waals surface area contributed by atoms with Crippen LogP contribution in [0.2, 0.25) is 0 Å². The van der Waals surface area contributed by atoms with E-state index in [1.54, 1.807) is 0 Å². The SMILES string of the molecule is CCCNC(CC(C)C)(C(=O)O)c1ccccc1. The molecule has 1 aromatic rings. The van der Waals surface area contributed by atoms with Gasteiger partial charge in [0.25, 0.3) is 0 Å². The number of carbonyl (C=O) groups is 1. The molecule has 2 N–H and O–H groups in total. The molecule has 18 heavy (non-hydrogen) atoms. The summed E-state index contributed by atoms with van der Waals surface area (Å²) in [6, 6.07) is 9.46. The zero-order valence-electron chi connectivity index (χ0n) is 11.4. The van der Waals surface area contributed by atoms with E-state index in [-0.39, 0.29) is 0 Å². The van der Waals surface area contributed by atoms with Crippen LogP contribution in [0.3, 0.4) is 0 Å². The summed E-state index contributed by atoms with van der Waals surface area (Å²) in [6.45, 7) is 6.84. The van der Waals surface area contributed by atoms with Crippen LogP contribution >= 0.6 is 0 Å². The van der Waals surface area contributed by atoms with Gasteiger partial charge in [-0.05, 0) is 30.9 Å². The summed E-state index contributed by atoms with van der Waals surface area (Å²) in [7, 11) is 0. The Morgan fingerprint density at radius 3 is 2.39 bits per heavy atom. The molecule has 0 radical (unpaired) electrons. The topological polar surface area (TPSA) is 49.3 Å². The third-order valence-electron chi connectivity index (χ3n) is 3.02. The maximum atomic E-state index is 11.8. The van der Waals surface area contributed by atoms with Gasteiger partial charge in [0.1, 0.15) is 5.54 Å². The van der Waals surface area contributed by atoms with Crippen molar-refractivity contribution in [2.24, 2.45) is 5.92 Å². The monoisotopic (exact) mass is 249 g/mol. The highest BCUT2D eigenvalue weighted by atomic mass is 16.4. The van der Waals surface area contributed by atoms with Crippen LogP contribution in [0, 0.1) is 5.92 Å². The summed E-state index contributed by atoms with van der Waals surface area (Å²) in [5, 5.41) is 12.9. The Labute approximate surface area is 109 Å². The zero-order chi connectivity index (χ0) is 13.6. The van der Waals surface area contributed by atoms with Gasteiger partial charge in [-0.25, -0.2) is 4.79 Å². The number of benzene rings is 1. The molecule has 0 fully saturated rings. The highest BCUT2D eigenvalue weighted by Crippen LogP contribution is 2.29. The van der Waals surface area contributed by atoms with E-state index in [1.807, 2.05) is 51.1 Å². The Bertz CT molecular complexity index is 375. The second-order valence-electron chi connectivity index (χ2n) is 5.10. The number of hydrogen-bond donors (Lipinski definition) is 2. The van der Waals surface area contributed by atoms with Gasteiger partial charge >= 0.3 is 5.97 Å². The van der Waals surface area contributed by atoms with E-state index in [4.69, 9.17) is 0 Å². The van der Waals surface area contributed by atoms with Crippen molar-refractivity contribution in [3.05, 3.63) is 35.9 Å². The summed E-state index contributed by atoms with van der Waals surface area (Å²) < 4.78 is 0. The molecule has 3 heteroatoms. The van der Waals surface area contributed by atoms with Crippen LogP contribution in [0.1, 0.15) is 39.2 Å². The molecule has 0 aliphatic rings. The van der Waals surface area contributed by atoms with Crippen LogP contribution in [0.5, 0.6) is 0 Å². The first-order valence-corrected chi connectivity index (χ1v) is 6.57. The summed E-state index contributed by atoms with van der Waals surface area (Å²) in [6.07, 6.45) is 1.51. The molecule has 0 heterocycles. The lowest BCUT2D eigenvalue weighted by molar-refractivity contribution is -0.146. The fourth-order valence-electron chi connectivity index (χ4n) is 2.25. The van der Waals surface area contributed by atoms with E-state index in [1.165, 1.54) is 0 Å². The Balaban J connectivity index is 3.15. The summed E-state index contributed by atoms with van der Waals surface area (Å²) >= 11 is 0. The molecule has 0 bridgehead atoms. The van der Waals surface area contributed by atoms with Crippen molar-refractivity contribution in [1.82, 2.24) is 5.32 Å². The zero-order valence-corrected chi connectivity index (χ0v) is 11.4. The average Bonchev–Trinajstić information content (AvgIpc) is 2.34. The van der Waals surface area contributed by atoms with Gasteiger partial charge in [0.05, 0.1) is 0 Å². The molecule has 1 aromatic carbocycles. The van der Waals surface area contributed by atoms with Gasteiger partial charge in [-0.3, -0.25) is 5.32 Å². The summed E-state index contributed by atoms with van der Waals surface area (Å²) in [5.74, 6) is -0.485. The Hall–Kier alpha value is -1.35. The third-order valence-corrected chi connectivity index (χ3v) is 3.02. The number of rotatable bonds is 7. The maximum absolute atomic E-state index is 11.8. The fraction of sp³-hybridized carbons (Fsp3) is 0.533. The molecule has 100 valence electrons. The van der Waals surface area contributed by atoms with Crippen molar-refractivity contribution in [3.63, 3.8) is 0 Å². The van der Waals surface area contributed by atoms with Gasteiger partial charge in [0, 0.05) is 0 Å². The lowest BCUT2D eigenvalue weighted by Gasteiger charge is -2.33. The van der Waals surface area contributed by atoms with Crippen molar-refractivity contribution >= 4 is 5.97 Å². The van der Waals surface area contributed by atoms with Crippen molar-refractivity contribution < 1.29 is 9.90 Å². The van der Waals surface area contributed by atoms with Crippen LogP contribution in [-0.4, -0.2) is 17.6 Å². The van der Waals surface area contributed by atoms with Gasteiger partial charge < -0.3 is 5.11 Å². The van der Waals surface area contributed by atoms with Crippen LogP contribution in [0.4, 0.5) is 0 Å². The molecule has 0 aromatic heterocycles. The minimum atomic E-state index is -0.967. The first-order valence-electron chi connectivity index (χ1n) is 6.57. The summed E-state index contributed by atoms with van der Waals surface area (Å²) in [5.41, 5.74) is -0.134. The Morgan fingerprint density at radius 2 is 1.94 bits per heavy atom. The number of nitrogens with one attached hydrogen (secondary N) is 1. The number of hydrogen-bond acceptors (Lipinski definition) is 2. The molecule has 1 rings (SSSR count). The first kappa shape index (κ1) is 14.7. The highest BCUT2D eigenvalue weighted by Gasteiger charge is 2.40. The Morgan fingerprint density at radius 1 is 1.33 bits per heavy atom. The molecule has 0 aliphatic heterocycles. The van der Waals surface area contributed by atoms with Gasteiger partial charge in [-0.2, -0.15) is 0 Å². The minimum Gasteiger partial charge on any atom is -0.480 e. The standard InChI is InChI=1S/C15H23NO2/c1-4-10-16-15(14(17)18,11-12(2)3)13-8-6-5-7-9-13/h5-9,12,16H,4,10-11H2,1-3H3,(H,17,18). The molecule has 1 atom stereocenters. The van der Waals surface area contributed by atoms with Gasteiger partial charge in [0.15, 0.2) is 0 Å². The van der Waals surface area contributed by atoms with Gasteiger partial charge in [-0.15, -0.1) is 0 Å². The van der Waals surface area contributed by atoms with E-state index in [0.717, 1.165) is 12.0 Å². The average molecular weight is 249 g/mol. The number of carboxylic acids is 1. The lowest BCUT2D eigenvalue weighted by Crippen LogP contribution is -2.50. The first-order chi connectivity index (χ1) is 8.53. The normalized spacial score (nSPS) is 14.4. The molecule has 3 nitrogen and oxygen atoms in total. The molecular weight excluding hydrogens is 226 g/mol. The van der Waals surface area contributed by atoms with E-state index < -0.39 is 11.5 Å². The minimum absolute atomic E-state index is 0.311. The molecule has 1 unspecified atom stereocenters. The maximum Gasteiger partial charge on any atom is 0.328 e. The van der Waals surface area contributed by atoms with E-state index in [9.17, 15) is 9.90 Å². The third kappa shape index (κ3) is 3.33. The fourth-order valence-corrected chi connectivity index (χ4v) is 2.25. The van der Waals surface area contributed by atoms with Crippen molar-refractivity contribution in [3.8, 4) is 0 Å². The van der Waals surface area contributed by atoms with E-state index in [2.05, 4.69) is 5.32 Å². The van der Waals surface area contributed by atoms with Crippen molar-refractivity contribution in [1.29, 1.82) is 0 Å². The summed E-state index contributed by atoms with van der Waals surface area (Å²) in [4.78, 5) is 11.8. The van der Waals surface area contributed by atoms with E-state index >= 15 is 0 Å². The van der Waals surface area contributed by atoms with Gasteiger partial charge in [-0.1, -0.05) is 51.1 Å². The van der Waals surface area contributed by atoms with Crippen molar-refractivity contribution in [2.75, 3.05) is 6.54 Å². The molecule has 0 aliphatic carbocycles. The molecule has 0 amide bonds. The quantitative estimate of drug-likeness (QED) is 0.781. The van der Waals surface area contributed by atoms with E-state index in [0.29, 0.717) is 18.9 Å². The van der Waals surface area contributed by atoms with Crippen LogP contribution in [0.15, 0.2) is 30.3 Å². The second-order valence-corrected chi connectivity index (χ2v) is 5.10. The Kier molecular flexibility index (Phi) is 5.35. The van der Waals surface area contributed by atoms with Crippen LogP contribution in [-0.2, 0) is 10.3 Å². The largest absolute Gasteiger partial charge is 0.480 e. The number of carboxylic acid groups (broad SMARTS) is 1. The predicted molar refractivity (Wildman–Crippen MR) is 73.5 cm³/mol. The predicted octanol–water partition coefficient (Wildman–Crippen LogP) is 3.01. The molecule has 0 saturated heterocycles.